The molecule has 5 nitrogen and oxygen atoms in total. The third-order valence-electron chi connectivity index (χ3n) is 3.39. The van der Waals surface area contributed by atoms with Crippen LogP contribution in [-0.4, -0.2) is 22.0 Å². The Hall–Kier alpha value is -2.95. The van der Waals surface area contributed by atoms with Crippen LogP contribution < -0.4 is 10.9 Å². The highest BCUT2D eigenvalue weighted by atomic mass is 16.2. The fourth-order valence-corrected chi connectivity index (χ4v) is 2.16. The summed E-state index contributed by atoms with van der Waals surface area (Å²) in [6, 6.07) is 1.68. The maximum atomic E-state index is 12.4. The summed E-state index contributed by atoms with van der Waals surface area (Å²) in [6.07, 6.45) is 11.9. The fraction of sp³-hybridized carbons (Fsp3) is 0.167. The second kappa shape index (κ2) is 7.35. The van der Waals surface area contributed by atoms with Crippen molar-refractivity contribution in [1.29, 1.82) is 0 Å². The van der Waals surface area contributed by atoms with Crippen molar-refractivity contribution in [3.8, 4) is 0 Å². The molecule has 0 radical (unpaired) electrons. The molecule has 118 valence electrons. The van der Waals surface area contributed by atoms with E-state index in [1.165, 1.54) is 10.8 Å². The van der Waals surface area contributed by atoms with Crippen molar-refractivity contribution in [2.24, 2.45) is 7.05 Å². The molecule has 2 aromatic heterocycles. The molecule has 0 aliphatic rings. The normalized spacial score (nSPS) is 11.8. The number of fused-ring (bicyclic) bond motifs is 1. The smallest absolute Gasteiger partial charge is 0.259 e. The van der Waals surface area contributed by atoms with Crippen molar-refractivity contribution >= 4 is 16.7 Å². The van der Waals surface area contributed by atoms with E-state index in [1.54, 1.807) is 31.6 Å². The van der Waals surface area contributed by atoms with Crippen LogP contribution in [0.3, 0.4) is 0 Å². The lowest BCUT2D eigenvalue weighted by Crippen LogP contribution is -2.28. The first kappa shape index (κ1) is 16.4. The molecule has 0 atom stereocenters. The second-order valence-corrected chi connectivity index (χ2v) is 5.20. The number of aromatic nitrogens is 2. The molecule has 0 bridgehead atoms. The molecule has 2 heterocycles. The van der Waals surface area contributed by atoms with Gasteiger partial charge in [0.05, 0.1) is 10.9 Å². The number of nitrogens with one attached hydrogen (secondary N) is 1. The van der Waals surface area contributed by atoms with E-state index in [4.69, 9.17) is 0 Å². The summed E-state index contributed by atoms with van der Waals surface area (Å²) >= 11 is 0. The van der Waals surface area contributed by atoms with Gasteiger partial charge in [-0.2, -0.15) is 0 Å². The maximum absolute atomic E-state index is 12.4. The highest BCUT2D eigenvalue weighted by molar-refractivity contribution is 6.06. The predicted molar refractivity (Wildman–Crippen MR) is 92.4 cm³/mol. The Labute approximate surface area is 134 Å². The maximum Gasteiger partial charge on any atom is 0.259 e. The molecule has 0 unspecified atom stereocenters. The Bertz CT molecular complexity index is 860. The molecule has 0 aromatic carbocycles. The number of amides is 1. The first-order chi connectivity index (χ1) is 11.0. The first-order valence-corrected chi connectivity index (χ1v) is 7.21. The van der Waals surface area contributed by atoms with Gasteiger partial charge in [-0.3, -0.25) is 14.6 Å². The Morgan fingerprint density at radius 2 is 2.17 bits per heavy atom. The lowest BCUT2D eigenvalue weighted by atomic mass is 10.1. The van der Waals surface area contributed by atoms with Gasteiger partial charge in [0.1, 0.15) is 0 Å². The van der Waals surface area contributed by atoms with Crippen LogP contribution in [0.5, 0.6) is 0 Å². The quantitative estimate of drug-likeness (QED) is 0.862. The molecule has 1 amide bonds. The molecule has 2 aromatic rings. The molecule has 0 spiro atoms. The van der Waals surface area contributed by atoms with Gasteiger partial charge in [-0.15, -0.1) is 0 Å². The zero-order valence-electron chi connectivity index (χ0n) is 13.2. The van der Waals surface area contributed by atoms with Crippen molar-refractivity contribution in [3.05, 3.63) is 77.0 Å². The van der Waals surface area contributed by atoms with E-state index < -0.39 is 0 Å². The molecule has 23 heavy (non-hydrogen) atoms. The number of rotatable bonds is 5. The summed E-state index contributed by atoms with van der Waals surface area (Å²) in [5.41, 5.74) is 1.29. The number of carbonyl (C=O) groups is 1. The molecule has 5 heteroatoms. The summed E-state index contributed by atoms with van der Waals surface area (Å²) in [5.74, 6) is -0.225. The van der Waals surface area contributed by atoms with Crippen LogP contribution in [0, 0.1) is 0 Å². The van der Waals surface area contributed by atoms with Gasteiger partial charge in [-0.05, 0) is 13.0 Å². The summed E-state index contributed by atoms with van der Waals surface area (Å²) in [7, 11) is 1.62. The topological polar surface area (TPSA) is 64.0 Å². The summed E-state index contributed by atoms with van der Waals surface area (Å²) in [5, 5.41) is 3.90. The Morgan fingerprint density at radius 3 is 2.91 bits per heavy atom. The molecular formula is C18H19N3O2. The summed E-state index contributed by atoms with van der Waals surface area (Å²) < 4.78 is 1.40. The molecule has 0 aliphatic heterocycles. The zero-order chi connectivity index (χ0) is 16.8. The summed E-state index contributed by atoms with van der Waals surface area (Å²) in [4.78, 5) is 28.5. The van der Waals surface area contributed by atoms with Gasteiger partial charge in [0.2, 0.25) is 0 Å². The number of nitrogens with zero attached hydrogens (tertiary/aromatic N) is 2. The molecule has 0 saturated heterocycles. The molecule has 2 rings (SSSR count). The largest absolute Gasteiger partial charge is 0.348 e. The number of aryl methyl sites for hydroxylation is 1. The Kier molecular flexibility index (Phi) is 5.25. The van der Waals surface area contributed by atoms with Gasteiger partial charge in [-0.1, -0.05) is 36.5 Å². The van der Waals surface area contributed by atoms with Gasteiger partial charge >= 0.3 is 0 Å². The van der Waals surface area contributed by atoms with E-state index in [0.29, 0.717) is 22.9 Å². The average molecular weight is 309 g/mol. The summed E-state index contributed by atoms with van der Waals surface area (Å²) in [6.45, 7) is 5.95. The van der Waals surface area contributed by atoms with E-state index in [-0.39, 0.29) is 11.5 Å². The number of allylic oxidation sites excluding steroid dienone is 4. The fourth-order valence-electron chi connectivity index (χ4n) is 2.16. The van der Waals surface area contributed by atoms with Gasteiger partial charge in [0.25, 0.3) is 11.5 Å². The van der Waals surface area contributed by atoms with Crippen molar-refractivity contribution in [1.82, 2.24) is 14.9 Å². The molecular weight excluding hydrogens is 290 g/mol. The van der Waals surface area contributed by atoms with E-state index in [1.807, 2.05) is 25.2 Å². The standard InChI is InChI=1S/C18H19N3O2/c1-4-5-6-7-13(2)10-20-17(22)16-12-21(3)18(23)15-11-19-9-8-14(15)16/h4-9,11-12H,1,10H2,2-3H3,(H,20,22)/b6-5-,13-7+. The lowest BCUT2D eigenvalue weighted by molar-refractivity contribution is 0.0958. The van der Waals surface area contributed by atoms with Gasteiger partial charge < -0.3 is 9.88 Å². The third kappa shape index (κ3) is 3.83. The average Bonchev–Trinajstić information content (AvgIpc) is 2.56. The molecule has 1 N–H and O–H groups in total. The molecule has 0 aliphatic carbocycles. The van der Waals surface area contributed by atoms with E-state index in [0.717, 1.165) is 5.57 Å². The van der Waals surface area contributed by atoms with Gasteiger partial charge in [0, 0.05) is 37.6 Å². The van der Waals surface area contributed by atoms with Crippen LogP contribution in [0.2, 0.25) is 0 Å². The van der Waals surface area contributed by atoms with Crippen molar-refractivity contribution < 1.29 is 4.79 Å². The number of hydrogen-bond acceptors (Lipinski definition) is 3. The van der Waals surface area contributed by atoms with Gasteiger partial charge in [0.15, 0.2) is 0 Å². The predicted octanol–water partition coefficient (Wildman–Crippen LogP) is 2.35. The monoisotopic (exact) mass is 309 g/mol. The van der Waals surface area contributed by atoms with Crippen LogP contribution in [0.15, 0.2) is 65.9 Å². The van der Waals surface area contributed by atoms with Crippen LogP contribution in [-0.2, 0) is 7.05 Å². The SMILES string of the molecule is C=C/C=C\C=C(/C)CNC(=O)c1cn(C)c(=O)c2cnccc12. The van der Waals surface area contributed by atoms with Crippen LogP contribution in [0.25, 0.3) is 10.8 Å². The van der Waals surface area contributed by atoms with Crippen molar-refractivity contribution in [2.45, 2.75) is 6.92 Å². The molecule has 0 fully saturated rings. The Morgan fingerprint density at radius 1 is 1.39 bits per heavy atom. The van der Waals surface area contributed by atoms with Crippen molar-refractivity contribution in [2.75, 3.05) is 6.54 Å². The Balaban J connectivity index is 2.27. The van der Waals surface area contributed by atoms with E-state index in [2.05, 4.69) is 16.9 Å². The van der Waals surface area contributed by atoms with Crippen LogP contribution >= 0.6 is 0 Å². The van der Waals surface area contributed by atoms with Gasteiger partial charge in [-0.25, -0.2) is 0 Å². The highest BCUT2D eigenvalue weighted by Crippen LogP contribution is 2.13. The highest BCUT2D eigenvalue weighted by Gasteiger charge is 2.13. The molecule has 0 saturated carbocycles. The minimum atomic E-state index is -0.225. The number of pyridine rings is 2. The number of hydrogen-bond donors (Lipinski definition) is 1. The van der Waals surface area contributed by atoms with E-state index >= 15 is 0 Å². The first-order valence-electron chi connectivity index (χ1n) is 7.21. The lowest BCUT2D eigenvalue weighted by Gasteiger charge is -2.10. The number of carbonyl (C=O) groups excluding carboxylic acids is 1. The van der Waals surface area contributed by atoms with Crippen molar-refractivity contribution in [3.63, 3.8) is 0 Å². The van der Waals surface area contributed by atoms with Crippen LogP contribution in [0.1, 0.15) is 17.3 Å². The zero-order valence-corrected chi connectivity index (χ0v) is 13.2. The second-order valence-electron chi connectivity index (χ2n) is 5.20. The van der Waals surface area contributed by atoms with Crippen LogP contribution in [0.4, 0.5) is 0 Å². The minimum Gasteiger partial charge on any atom is -0.348 e. The minimum absolute atomic E-state index is 0.171. The third-order valence-corrected chi connectivity index (χ3v) is 3.39. The van der Waals surface area contributed by atoms with E-state index in [9.17, 15) is 9.59 Å².